The second-order valence-electron chi connectivity index (χ2n) is 5.31. The van der Waals surface area contributed by atoms with Crippen molar-refractivity contribution in [2.24, 2.45) is 0 Å². The summed E-state index contributed by atoms with van der Waals surface area (Å²) in [6.07, 6.45) is -0.954. The van der Waals surface area contributed by atoms with Gasteiger partial charge in [-0.1, -0.05) is 52.4 Å². The summed E-state index contributed by atoms with van der Waals surface area (Å²) in [5, 5.41) is 0. The Bertz CT molecular complexity index is 292. The molecule has 0 aromatic heterocycles. The summed E-state index contributed by atoms with van der Waals surface area (Å²) in [5.74, 6) is -1.79. The van der Waals surface area contributed by atoms with Gasteiger partial charge in [0.15, 0.2) is 0 Å². The number of halogens is 4. The van der Waals surface area contributed by atoms with Gasteiger partial charge in [-0.2, -0.15) is 13.2 Å². The van der Waals surface area contributed by atoms with E-state index in [1.165, 1.54) is 0 Å². The van der Waals surface area contributed by atoms with E-state index < -0.39 is 24.2 Å². The van der Waals surface area contributed by atoms with Gasteiger partial charge in [-0.05, 0) is 12.8 Å². The van der Waals surface area contributed by atoms with Crippen LogP contribution in [0.25, 0.3) is 0 Å². The highest BCUT2D eigenvalue weighted by molar-refractivity contribution is 5.80. The Morgan fingerprint density at radius 2 is 1.38 bits per heavy atom. The molecule has 0 fully saturated rings. The fourth-order valence-electron chi connectivity index (χ4n) is 1.96. The van der Waals surface area contributed by atoms with E-state index in [0.717, 1.165) is 32.1 Å². The molecule has 0 heterocycles. The lowest BCUT2D eigenvalue weighted by Crippen LogP contribution is -2.49. The van der Waals surface area contributed by atoms with Crippen molar-refractivity contribution in [1.29, 1.82) is 0 Å². The van der Waals surface area contributed by atoms with Crippen LogP contribution >= 0.6 is 0 Å². The Kier molecular flexibility index (Phi) is 9.62. The number of esters is 1. The normalized spacial score (nSPS) is 14.8. The number of ether oxygens (including phenoxy) is 1. The van der Waals surface area contributed by atoms with Crippen LogP contribution in [0.1, 0.15) is 71.6 Å². The topological polar surface area (TPSA) is 26.3 Å². The van der Waals surface area contributed by atoms with E-state index in [2.05, 4.69) is 4.74 Å². The first-order valence-corrected chi connectivity index (χ1v) is 7.72. The summed E-state index contributed by atoms with van der Waals surface area (Å²) in [4.78, 5) is 11.5. The zero-order valence-corrected chi connectivity index (χ0v) is 12.9. The maximum atomic E-state index is 14.1. The molecule has 0 aliphatic carbocycles. The van der Waals surface area contributed by atoms with Gasteiger partial charge in [0.2, 0.25) is 0 Å². The van der Waals surface area contributed by atoms with Crippen LogP contribution in [0.2, 0.25) is 0 Å². The van der Waals surface area contributed by atoms with Gasteiger partial charge < -0.3 is 4.74 Å². The number of carbonyl (C=O) groups is 1. The summed E-state index contributed by atoms with van der Waals surface area (Å²) in [7, 11) is 0. The van der Waals surface area contributed by atoms with Crippen LogP contribution in [0.3, 0.4) is 0 Å². The number of hydrogen-bond acceptors (Lipinski definition) is 2. The highest BCUT2D eigenvalue weighted by Gasteiger charge is 2.62. The van der Waals surface area contributed by atoms with Gasteiger partial charge in [0.25, 0.3) is 0 Å². The van der Waals surface area contributed by atoms with Crippen LogP contribution in [0.5, 0.6) is 0 Å². The molecule has 21 heavy (non-hydrogen) atoms. The van der Waals surface area contributed by atoms with Crippen LogP contribution in [0.4, 0.5) is 17.6 Å². The fraction of sp³-hybridized carbons (Fsp3) is 0.933. The molecule has 2 nitrogen and oxygen atoms in total. The van der Waals surface area contributed by atoms with Crippen molar-refractivity contribution >= 4 is 5.97 Å². The monoisotopic (exact) mass is 314 g/mol. The minimum atomic E-state index is -5.22. The number of unbranched alkanes of at least 4 members (excludes halogenated alkanes) is 6. The third-order valence-corrected chi connectivity index (χ3v) is 3.38. The highest BCUT2D eigenvalue weighted by Crippen LogP contribution is 2.39. The molecule has 0 aliphatic rings. The van der Waals surface area contributed by atoms with Gasteiger partial charge >= 0.3 is 17.8 Å². The summed E-state index contributed by atoms with van der Waals surface area (Å²) >= 11 is 0. The average Bonchev–Trinajstić information content (AvgIpc) is 2.41. The Morgan fingerprint density at radius 1 is 0.857 bits per heavy atom. The predicted molar refractivity (Wildman–Crippen MR) is 73.8 cm³/mol. The minimum absolute atomic E-state index is 0.0278. The van der Waals surface area contributed by atoms with Crippen molar-refractivity contribution in [3.05, 3.63) is 0 Å². The molecular formula is C15H26F4O2. The van der Waals surface area contributed by atoms with Crippen LogP contribution in [-0.2, 0) is 9.53 Å². The van der Waals surface area contributed by atoms with Crippen molar-refractivity contribution in [2.75, 3.05) is 6.61 Å². The molecule has 126 valence electrons. The molecule has 0 amide bonds. The average molecular weight is 314 g/mol. The molecule has 6 heteroatoms. The van der Waals surface area contributed by atoms with Gasteiger partial charge in [-0.25, -0.2) is 9.18 Å². The van der Waals surface area contributed by atoms with E-state index in [1.54, 1.807) is 0 Å². The molecule has 0 aliphatic heterocycles. The molecular weight excluding hydrogens is 288 g/mol. The van der Waals surface area contributed by atoms with Crippen LogP contribution in [0, 0.1) is 0 Å². The zero-order chi connectivity index (χ0) is 16.4. The maximum absolute atomic E-state index is 14.1. The SMILES string of the molecule is CCCCCCCC(F)(C(=O)OCCCCC)C(F)(F)F. The minimum Gasteiger partial charge on any atom is -0.463 e. The lowest BCUT2D eigenvalue weighted by atomic mass is 9.96. The third-order valence-electron chi connectivity index (χ3n) is 3.38. The van der Waals surface area contributed by atoms with E-state index in [1.807, 2.05) is 13.8 Å². The highest BCUT2D eigenvalue weighted by atomic mass is 19.4. The van der Waals surface area contributed by atoms with Gasteiger partial charge in [-0.3, -0.25) is 0 Å². The zero-order valence-electron chi connectivity index (χ0n) is 12.9. The number of alkyl halides is 4. The maximum Gasteiger partial charge on any atom is 0.433 e. The molecule has 0 N–H and O–H groups in total. The van der Waals surface area contributed by atoms with E-state index >= 15 is 0 Å². The van der Waals surface area contributed by atoms with Crippen LogP contribution in [0.15, 0.2) is 0 Å². The van der Waals surface area contributed by atoms with E-state index in [0.29, 0.717) is 12.8 Å². The van der Waals surface area contributed by atoms with Crippen LogP contribution < -0.4 is 0 Å². The summed E-state index contributed by atoms with van der Waals surface area (Å²) in [6, 6.07) is 0. The molecule has 1 atom stereocenters. The van der Waals surface area contributed by atoms with E-state index in [-0.39, 0.29) is 13.0 Å². The Hall–Kier alpha value is -0.810. The summed E-state index contributed by atoms with van der Waals surface area (Å²) < 4.78 is 57.1. The molecule has 0 aromatic rings. The second kappa shape index (κ2) is 10.0. The molecule has 1 unspecified atom stereocenters. The standard InChI is InChI=1S/C15H26F4O2/c1-3-5-7-8-9-11-14(16,15(17,18)19)13(20)21-12-10-6-4-2/h3-12H2,1-2H3. The van der Waals surface area contributed by atoms with Crippen molar-refractivity contribution in [2.45, 2.75) is 83.5 Å². The van der Waals surface area contributed by atoms with Gasteiger partial charge in [-0.15, -0.1) is 0 Å². The van der Waals surface area contributed by atoms with Crippen molar-refractivity contribution in [3.8, 4) is 0 Å². The smallest absolute Gasteiger partial charge is 0.433 e. The largest absolute Gasteiger partial charge is 0.463 e. The number of carbonyl (C=O) groups excluding carboxylic acids is 1. The molecule has 0 saturated heterocycles. The van der Waals surface area contributed by atoms with Crippen molar-refractivity contribution < 1.29 is 27.1 Å². The second-order valence-corrected chi connectivity index (χ2v) is 5.31. The van der Waals surface area contributed by atoms with Crippen LogP contribution in [-0.4, -0.2) is 24.4 Å². The van der Waals surface area contributed by atoms with Crippen molar-refractivity contribution in [3.63, 3.8) is 0 Å². The summed E-state index contributed by atoms with van der Waals surface area (Å²) in [5.41, 5.74) is -3.87. The van der Waals surface area contributed by atoms with Gasteiger partial charge in [0, 0.05) is 6.42 Å². The molecule has 0 aromatic carbocycles. The van der Waals surface area contributed by atoms with Gasteiger partial charge in [0.1, 0.15) is 0 Å². The predicted octanol–water partition coefficient (Wildman–Crippen LogP) is 5.35. The molecule has 0 radical (unpaired) electrons. The Balaban J connectivity index is 4.43. The molecule has 0 spiro atoms. The Labute approximate surface area is 124 Å². The lowest BCUT2D eigenvalue weighted by Gasteiger charge is -2.25. The third kappa shape index (κ3) is 7.14. The van der Waals surface area contributed by atoms with Crippen molar-refractivity contribution in [1.82, 2.24) is 0 Å². The van der Waals surface area contributed by atoms with Gasteiger partial charge in [0.05, 0.1) is 6.61 Å². The quantitative estimate of drug-likeness (QED) is 0.292. The first kappa shape index (κ1) is 20.2. The number of hydrogen-bond donors (Lipinski definition) is 0. The molecule has 0 rings (SSSR count). The Morgan fingerprint density at radius 3 is 1.90 bits per heavy atom. The first-order chi connectivity index (χ1) is 9.79. The number of rotatable bonds is 11. The van der Waals surface area contributed by atoms with E-state index in [9.17, 15) is 22.4 Å². The fourth-order valence-corrected chi connectivity index (χ4v) is 1.96. The molecule has 0 bridgehead atoms. The summed E-state index contributed by atoms with van der Waals surface area (Å²) in [6.45, 7) is 3.72. The molecule has 0 saturated carbocycles. The first-order valence-electron chi connectivity index (χ1n) is 7.72. The van der Waals surface area contributed by atoms with E-state index in [4.69, 9.17) is 0 Å². The lowest BCUT2D eigenvalue weighted by molar-refractivity contribution is -0.241.